The number of hydrogen-bond acceptors (Lipinski definition) is 7. The summed E-state index contributed by atoms with van der Waals surface area (Å²) in [6, 6.07) is 8.66. The van der Waals surface area contributed by atoms with Gasteiger partial charge in [0.05, 0.1) is 10.9 Å². The highest BCUT2D eigenvalue weighted by molar-refractivity contribution is 7.16. The van der Waals surface area contributed by atoms with Gasteiger partial charge in [0.25, 0.3) is 0 Å². The molecular weight excluding hydrogens is 380 g/mol. The number of ether oxygens (including phenoxy) is 1. The summed E-state index contributed by atoms with van der Waals surface area (Å²) in [5.41, 5.74) is 2.00. The SMILES string of the molecule is Cc1ccc(C2OC(CO)[C@@H](O)C(O)[C@H]2O)cc1C(O)c1ccc(Cl)s1. The van der Waals surface area contributed by atoms with E-state index in [1.807, 2.05) is 6.92 Å². The Morgan fingerprint density at radius 1 is 1.12 bits per heavy atom. The van der Waals surface area contributed by atoms with Crippen molar-refractivity contribution in [1.82, 2.24) is 0 Å². The van der Waals surface area contributed by atoms with Gasteiger partial charge in [0.15, 0.2) is 0 Å². The summed E-state index contributed by atoms with van der Waals surface area (Å²) in [5, 5.41) is 50.2. The van der Waals surface area contributed by atoms with E-state index in [9.17, 15) is 25.5 Å². The fraction of sp³-hybridized carbons (Fsp3) is 0.444. The molecule has 1 fully saturated rings. The maximum absolute atomic E-state index is 10.7. The monoisotopic (exact) mass is 400 g/mol. The van der Waals surface area contributed by atoms with Gasteiger partial charge in [0, 0.05) is 4.88 Å². The molecule has 0 aliphatic carbocycles. The first-order valence-corrected chi connectivity index (χ1v) is 9.37. The highest BCUT2D eigenvalue weighted by Crippen LogP contribution is 2.37. The molecule has 4 unspecified atom stereocenters. The lowest BCUT2D eigenvalue weighted by Crippen LogP contribution is -2.55. The fourth-order valence-electron chi connectivity index (χ4n) is 3.14. The van der Waals surface area contributed by atoms with Crippen LogP contribution in [0.1, 0.15) is 33.8 Å². The first-order valence-electron chi connectivity index (χ1n) is 8.17. The molecule has 1 aliphatic rings. The van der Waals surface area contributed by atoms with Gasteiger partial charge < -0.3 is 30.3 Å². The number of hydrogen-bond donors (Lipinski definition) is 5. The Bertz CT molecular complexity index is 764. The van der Waals surface area contributed by atoms with Crippen LogP contribution in [0, 0.1) is 6.92 Å². The third-order valence-electron chi connectivity index (χ3n) is 4.68. The second-order valence-corrected chi connectivity index (χ2v) is 8.16. The van der Waals surface area contributed by atoms with Crippen LogP contribution in [0.25, 0.3) is 0 Å². The van der Waals surface area contributed by atoms with Crippen LogP contribution >= 0.6 is 22.9 Å². The van der Waals surface area contributed by atoms with Crippen LogP contribution in [0.15, 0.2) is 30.3 Å². The zero-order valence-electron chi connectivity index (χ0n) is 14.0. The van der Waals surface area contributed by atoms with Gasteiger partial charge in [-0.3, -0.25) is 0 Å². The van der Waals surface area contributed by atoms with Crippen molar-refractivity contribution in [2.75, 3.05) is 6.61 Å². The van der Waals surface area contributed by atoms with Crippen molar-refractivity contribution < 1.29 is 30.3 Å². The van der Waals surface area contributed by atoms with Gasteiger partial charge in [0.2, 0.25) is 0 Å². The molecule has 0 bridgehead atoms. The smallest absolute Gasteiger partial charge is 0.114 e. The van der Waals surface area contributed by atoms with Gasteiger partial charge in [-0.25, -0.2) is 0 Å². The molecule has 1 aromatic heterocycles. The zero-order chi connectivity index (χ0) is 19.0. The molecule has 26 heavy (non-hydrogen) atoms. The van der Waals surface area contributed by atoms with Crippen LogP contribution in [0.3, 0.4) is 0 Å². The van der Waals surface area contributed by atoms with Crippen molar-refractivity contribution >= 4 is 22.9 Å². The summed E-state index contributed by atoms with van der Waals surface area (Å²) in [6.07, 6.45) is -7.03. The molecule has 2 heterocycles. The first kappa shape index (κ1) is 19.7. The van der Waals surface area contributed by atoms with Gasteiger partial charge in [-0.15, -0.1) is 11.3 Å². The highest BCUT2D eigenvalue weighted by Gasteiger charge is 2.44. The molecule has 2 aromatic rings. The summed E-state index contributed by atoms with van der Waals surface area (Å²) < 4.78 is 6.16. The van der Waals surface area contributed by atoms with Crippen molar-refractivity contribution in [3.63, 3.8) is 0 Å². The predicted octanol–water partition coefficient (Wildman–Crippen LogP) is 1.31. The summed E-state index contributed by atoms with van der Waals surface area (Å²) in [5.74, 6) is 0. The van der Waals surface area contributed by atoms with Gasteiger partial charge in [-0.2, -0.15) is 0 Å². The number of halogens is 1. The lowest BCUT2D eigenvalue weighted by Gasteiger charge is -2.40. The van der Waals surface area contributed by atoms with E-state index in [1.165, 1.54) is 11.3 Å². The molecule has 6 atom stereocenters. The largest absolute Gasteiger partial charge is 0.394 e. The van der Waals surface area contributed by atoms with Crippen LogP contribution in [0.4, 0.5) is 0 Å². The number of rotatable bonds is 4. The number of aliphatic hydroxyl groups excluding tert-OH is 5. The third-order valence-corrected chi connectivity index (χ3v) is 5.97. The maximum atomic E-state index is 10.7. The van der Waals surface area contributed by atoms with Crippen molar-refractivity contribution in [3.05, 3.63) is 56.2 Å². The number of aliphatic hydroxyl groups is 5. The van der Waals surface area contributed by atoms with Crippen LogP contribution < -0.4 is 0 Å². The summed E-state index contributed by atoms with van der Waals surface area (Å²) in [4.78, 5) is 0.684. The molecular formula is C18H21ClO6S. The summed E-state index contributed by atoms with van der Waals surface area (Å²) >= 11 is 7.22. The average Bonchev–Trinajstić information content (AvgIpc) is 3.06. The number of benzene rings is 1. The minimum absolute atomic E-state index is 0.490. The molecule has 3 rings (SSSR count). The van der Waals surface area contributed by atoms with E-state index in [-0.39, 0.29) is 0 Å². The lowest BCUT2D eigenvalue weighted by atomic mass is 9.89. The molecule has 0 amide bonds. The van der Waals surface area contributed by atoms with Gasteiger partial charge in [-0.1, -0.05) is 23.7 Å². The molecule has 0 spiro atoms. The average molecular weight is 401 g/mol. The molecule has 5 N–H and O–H groups in total. The van der Waals surface area contributed by atoms with E-state index in [2.05, 4.69) is 0 Å². The Morgan fingerprint density at radius 2 is 1.85 bits per heavy atom. The van der Waals surface area contributed by atoms with Crippen LogP contribution in [-0.4, -0.2) is 56.6 Å². The van der Waals surface area contributed by atoms with Crippen molar-refractivity contribution in [1.29, 1.82) is 0 Å². The Morgan fingerprint density at radius 3 is 2.46 bits per heavy atom. The van der Waals surface area contributed by atoms with Crippen molar-refractivity contribution in [2.24, 2.45) is 0 Å². The van der Waals surface area contributed by atoms with E-state index < -0.39 is 43.2 Å². The Kier molecular flexibility index (Phi) is 6.01. The minimum atomic E-state index is -1.45. The van der Waals surface area contributed by atoms with E-state index in [0.717, 1.165) is 5.56 Å². The molecule has 1 aliphatic heterocycles. The van der Waals surface area contributed by atoms with Crippen LogP contribution in [-0.2, 0) is 4.74 Å². The number of aryl methyl sites for hydroxylation is 1. The van der Waals surface area contributed by atoms with E-state index in [1.54, 1.807) is 30.3 Å². The zero-order valence-corrected chi connectivity index (χ0v) is 15.6. The molecule has 8 heteroatoms. The second kappa shape index (κ2) is 7.92. The second-order valence-electron chi connectivity index (χ2n) is 6.41. The standard InChI is InChI=1S/C18H21ClO6S/c1-8-2-3-9(6-10(8)14(21)12-4-5-13(19)26-12)18-17(24)16(23)15(22)11(7-20)25-18/h2-6,11,14-18,20-24H,7H2,1H3/t11?,14?,15-,16?,17-,18?/m1/s1. The molecule has 0 radical (unpaired) electrons. The quantitative estimate of drug-likeness (QED) is 0.529. The predicted molar refractivity (Wildman–Crippen MR) is 97.3 cm³/mol. The molecule has 1 aromatic carbocycles. The van der Waals surface area contributed by atoms with Gasteiger partial charge in [0.1, 0.15) is 36.6 Å². The molecule has 1 saturated heterocycles. The normalized spacial score (nSPS) is 30.3. The van der Waals surface area contributed by atoms with E-state index in [4.69, 9.17) is 16.3 Å². The van der Waals surface area contributed by atoms with E-state index >= 15 is 0 Å². The highest BCUT2D eigenvalue weighted by atomic mass is 35.5. The lowest BCUT2D eigenvalue weighted by molar-refractivity contribution is -0.231. The summed E-state index contributed by atoms with van der Waals surface area (Å²) in [6.45, 7) is 1.36. The van der Waals surface area contributed by atoms with Crippen LogP contribution in [0.5, 0.6) is 0 Å². The van der Waals surface area contributed by atoms with Crippen molar-refractivity contribution in [2.45, 2.75) is 43.5 Å². The number of thiophene rings is 1. The molecule has 142 valence electrons. The molecule has 6 nitrogen and oxygen atoms in total. The van der Waals surface area contributed by atoms with Gasteiger partial charge >= 0.3 is 0 Å². The van der Waals surface area contributed by atoms with Crippen molar-refractivity contribution in [3.8, 4) is 0 Å². The Balaban J connectivity index is 1.94. The minimum Gasteiger partial charge on any atom is -0.394 e. The Hall–Kier alpha value is -1.03. The third kappa shape index (κ3) is 3.67. The Labute approximate surface area is 159 Å². The van der Waals surface area contributed by atoms with E-state index in [0.29, 0.717) is 20.3 Å². The topological polar surface area (TPSA) is 110 Å². The van der Waals surface area contributed by atoms with Gasteiger partial charge in [-0.05, 0) is 41.8 Å². The van der Waals surface area contributed by atoms with Crippen LogP contribution in [0.2, 0.25) is 4.34 Å². The molecule has 0 saturated carbocycles. The summed E-state index contributed by atoms with van der Waals surface area (Å²) in [7, 11) is 0. The maximum Gasteiger partial charge on any atom is 0.114 e. The first-order chi connectivity index (χ1) is 12.3. The fourth-order valence-corrected chi connectivity index (χ4v) is 4.20.